The van der Waals surface area contributed by atoms with Gasteiger partial charge in [-0.25, -0.2) is 9.78 Å². The number of nitrogens with one attached hydrogen (secondary N) is 1. The maximum absolute atomic E-state index is 12.1. The van der Waals surface area contributed by atoms with Crippen molar-refractivity contribution in [2.24, 2.45) is 0 Å². The third-order valence-corrected chi connectivity index (χ3v) is 3.93. The van der Waals surface area contributed by atoms with Crippen molar-refractivity contribution in [3.8, 4) is 0 Å². The Kier molecular flexibility index (Phi) is 5.81. The minimum absolute atomic E-state index is 0.0288. The van der Waals surface area contributed by atoms with Crippen LogP contribution >= 0.6 is 0 Å². The number of benzene rings is 1. The molecule has 3 rings (SSSR count). The monoisotopic (exact) mass is 378 g/mol. The van der Waals surface area contributed by atoms with Crippen LogP contribution in [0.3, 0.4) is 0 Å². The van der Waals surface area contributed by atoms with Crippen LogP contribution in [0.15, 0.2) is 61.1 Å². The third kappa shape index (κ3) is 4.61. The zero-order valence-electron chi connectivity index (χ0n) is 15.1. The number of nitrogens with zero attached hydrogens (tertiary/aromatic N) is 3. The summed E-state index contributed by atoms with van der Waals surface area (Å²) in [7, 11) is 1.30. The first-order chi connectivity index (χ1) is 13.6. The van der Waals surface area contributed by atoms with Crippen molar-refractivity contribution in [3.63, 3.8) is 0 Å². The van der Waals surface area contributed by atoms with E-state index < -0.39 is 11.8 Å². The average molecular weight is 378 g/mol. The second kappa shape index (κ2) is 8.63. The lowest BCUT2D eigenvalue weighted by molar-refractivity contribution is -0.134. The van der Waals surface area contributed by atoms with Crippen molar-refractivity contribution in [2.45, 2.75) is 6.54 Å². The van der Waals surface area contributed by atoms with Gasteiger partial charge in [0.25, 0.3) is 0 Å². The van der Waals surface area contributed by atoms with Gasteiger partial charge in [0.05, 0.1) is 7.11 Å². The molecule has 0 saturated carbocycles. The topological polar surface area (TPSA) is 110 Å². The van der Waals surface area contributed by atoms with Gasteiger partial charge >= 0.3 is 5.97 Å². The number of hydrogen-bond acceptors (Lipinski definition) is 6. The molecule has 0 unspecified atom stereocenters. The number of ketones is 1. The Labute approximate surface area is 160 Å². The summed E-state index contributed by atoms with van der Waals surface area (Å²) >= 11 is 0. The van der Waals surface area contributed by atoms with Crippen LogP contribution in [-0.2, 0) is 16.1 Å². The smallest absolute Gasteiger partial charge is 0.330 e. The van der Waals surface area contributed by atoms with Crippen LogP contribution in [0.4, 0.5) is 0 Å². The van der Waals surface area contributed by atoms with Gasteiger partial charge in [0.2, 0.25) is 5.78 Å². The van der Waals surface area contributed by atoms with E-state index in [1.54, 1.807) is 18.3 Å². The van der Waals surface area contributed by atoms with Crippen molar-refractivity contribution in [2.75, 3.05) is 7.11 Å². The first-order valence-corrected chi connectivity index (χ1v) is 8.37. The number of aromatic amines is 1. The van der Waals surface area contributed by atoms with Crippen molar-refractivity contribution < 1.29 is 19.4 Å². The predicted octanol–water partition coefficient (Wildman–Crippen LogP) is 2.62. The maximum atomic E-state index is 12.1. The summed E-state index contributed by atoms with van der Waals surface area (Å²) in [5.74, 6) is -1.19. The Morgan fingerprint density at radius 1 is 1.29 bits per heavy atom. The second-order valence-corrected chi connectivity index (χ2v) is 5.85. The molecule has 0 aliphatic rings. The van der Waals surface area contributed by atoms with E-state index in [0.717, 1.165) is 11.6 Å². The summed E-state index contributed by atoms with van der Waals surface area (Å²) in [6.45, 7) is 0.519. The summed E-state index contributed by atoms with van der Waals surface area (Å²) < 4.78 is 6.48. The normalized spacial score (nSPS) is 11.7. The molecular formula is C20H18N4O4. The van der Waals surface area contributed by atoms with Crippen molar-refractivity contribution in [1.29, 1.82) is 0 Å². The summed E-state index contributed by atoms with van der Waals surface area (Å²) in [6.07, 6.45) is 6.86. The number of esters is 1. The number of carbonyl (C=O) groups excluding carboxylic acids is 2. The van der Waals surface area contributed by atoms with Crippen molar-refractivity contribution >= 4 is 23.6 Å². The summed E-state index contributed by atoms with van der Waals surface area (Å²) in [6, 6.07) is 11.4. The maximum Gasteiger partial charge on any atom is 0.330 e. The number of carbonyl (C=O) groups is 2. The Morgan fingerprint density at radius 3 is 2.75 bits per heavy atom. The number of aliphatic hydroxyl groups excluding tert-OH is 1. The van der Waals surface area contributed by atoms with Gasteiger partial charge in [-0.15, -0.1) is 0 Å². The molecule has 0 saturated heterocycles. The first kappa shape index (κ1) is 18.8. The van der Waals surface area contributed by atoms with Gasteiger partial charge in [-0.1, -0.05) is 30.3 Å². The van der Waals surface area contributed by atoms with Gasteiger partial charge in [-0.3, -0.25) is 9.89 Å². The molecule has 28 heavy (non-hydrogen) atoms. The Balaban J connectivity index is 1.92. The zero-order chi connectivity index (χ0) is 19.9. The average Bonchev–Trinajstić information content (AvgIpc) is 3.37. The van der Waals surface area contributed by atoms with Crippen LogP contribution in [-0.4, -0.2) is 43.7 Å². The number of aromatic nitrogens is 4. The van der Waals surface area contributed by atoms with Crippen LogP contribution < -0.4 is 0 Å². The molecule has 0 radical (unpaired) electrons. The summed E-state index contributed by atoms with van der Waals surface area (Å²) in [5.41, 5.74) is 2.13. The Bertz CT molecular complexity index is 1020. The highest BCUT2D eigenvalue weighted by Gasteiger charge is 2.12. The number of H-pyrrole nitrogens is 1. The van der Waals surface area contributed by atoms with Crippen molar-refractivity contribution in [1.82, 2.24) is 19.7 Å². The lowest BCUT2D eigenvalue weighted by Crippen LogP contribution is -2.01. The second-order valence-electron chi connectivity index (χ2n) is 5.85. The minimum Gasteiger partial charge on any atom is -0.507 e. The van der Waals surface area contributed by atoms with Gasteiger partial charge in [0.1, 0.15) is 12.1 Å². The molecule has 0 atom stereocenters. The molecule has 142 valence electrons. The summed E-state index contributed by atoms with van der Waals surface area (Å²) in [4.78, 5) is 27.3. The lowest BCUT2D eigenvalue weighted by Gasteiger charge is -2.06. The number of hydrogen-bond donors (Lipinski definition) is 2. The van der Waals surface area contributed by atoms with Crippen LogP contribution in [0.2, 0.25) is 0 Å². The van der Waals surface area contributed by atoms with Gasteiger partial charge in [-0.2, -0.15) is 5.10 Å². The van der Waals surface area contributed by atoms with E-state index in [1.165, 1.54) is 19.5 Å². The molecule has 8 heteroatoms. The summed E-state index contributed by atoms with van der Waals surface area (Å²) in [5, 5.41) is 16.4. The number of methoxy groups -OCH3 is 1. The molecule has 0 aliphatic carbocycles. The molecule has 0 bridgehead atoms. The van der Waals surface area contributed by atoms with E-state index in [4.69, 9.17) is 0 Å². The quantitative estimate of drug-likeness (QED) is 0.283. The van der Waals surface area contributed by atoms with E-state index in [9.17, 15) is 14.7 Å². The lowest BCUT2D eigenvalue weighted by atomic mass is 10.2. The fourth-order valence-corrected chi connectivity index (χ4v) is 2.54. The van der Waals surface area contributed by atoms with Crippen molar-refractivity contribution in [3.05, 3.63) is 83.7 Å². The van der Waals surface area contributed by atoms with Crippen LogP contribution in [0, 0.1) is 0 Å². The van der Waals surface area contributed by atoms with E-state index in [-0.39, 0.29) is 11.6 Å². The van der Waals surface area contributed by atoms with Crippen LogP contribution in [0.25, 0.3) is 11.8 Å². The van der Waals surface area contributed by atoms with E-state index >= 15 is 0 Å². The molecule has 8 nitrogen and oxygen atoms in total. The molecule has 2 aromatic heterocycles. The molecule has 0 fully saturated rings. The molecule has 2 N–H and O–H groups in total. The van der Waals surface area contributed by atoms with E-state index in [1.807, 2.05) is 34.9 Å². The largest absolute Gasteiger partial charge is 0.507 e. The molecule has 0 aliphatic heterocycles. The predicted molar refractivity (Wildman–Crippen MR) is 102 cm³/mol. The highest BCUT2D eigenvalue weighted by Crippen LogP contribution is 2.19. The standard InChI is InChI=1S/C20H18N4O4/c1-28-19(27)8-7-16-9-15(12-24(16)11-14-5-3-2-4-6-14)17(25)10-18(26)20-21-13-22-23-20/h2-10,12-13,25H,11H2,1H3,(H,21,22,23)/b8-7+,17-10+. The number of rotatable bonds is 7. The highest BCUT2D eigenvalue weighted by atomic mass is 16.5. The molecule has 0 spiro atoms. The number of ether oxygens (including phenoxy) is 1. The van der Waals surface area contributed by atoms with Gasteiger partial charge in [0.15, 0.2) is 5.82 Å². The van der Waals surface area contributed by atoms with Gasteiger partial charge in [-0.05, 0) is 17.7 Å². The molecule has 3 aromatic rings. The minimum atomic E-state index is -0.502. The molecular weight excluding hydrogens is 360 g/mol. The van der Waals surface area contributed by atoms with Gasteiger partial charge < -0.3 is 14.4 Å². The highest BCUT2D eigenvalue weighted by molar-refractivity contribution is 6.05. The molecule has 2 heterocycles. The van der Waals surface area contributed by atoms with E-state index in [0.29, 0.717) is 17.8 Å². The number of aliphatic hydroxyl groups is 1. The van der Waals surface area contributed by atoms with E-state index in [2.05, 4.69) is 19.9 Å². The molecule has 0 amide bonds. The fourth-order valence-electron chi connectivity index (χ4n) is 2.54. The fraction of sp³-hybridized carbons (Fsp3) is 0.100. The van der Waals surface area contributed by atoms with Crippen LogP contribution in [0.5, 0.6) is 0 Å². The Morgan fingerprint density at radius 2 is 2.07 bits per heavy atom. The third-order valence-electron chi connectivity index (χ3n) is 3.93. The van der Waals surface area contributed by atoms with Gasteiger partial charge in [0, 0.05) is 36.2 Å². The zero-order valence-corrected chi connectivity index (χ0v) is 15.1. The number of allylic oxidation sites excluding steroid dienone is 1. The Hall–Kier alpha value is -3.94. The first-order valence-electron chi connectivity index (χ1n) is 8.37. The molecule has 1 aromatic carbocycles. The van der Waals surface area contributed by atoms with Crippen LogP contribution in [0.1, 0.15) is 27.4 Å². The SMILES string of the molecule is COC(=O)/C=C/c1cc(/C(O)=C\C(=O)c2ncn[nH]2)cn1Cc1ccccc1.